The summed E-state index contributed by atoms with van der Waals surface area (Å²) in [6.45, 7) is 4.31. The average Bonchev–Trinajstić information content (AvgIpc) is 3.15. The number of benzene rings is 3. The van der Waals surface area contributed by atoms with Crippen molar-refractivity contribution in [3.8, 4) is 5.75 Å². The van der Waals surface area contributed by atoms with Crippen LogP contribution in [0.25, 0.3) is 21.8 Å². The minimum absolute atomic E-state index is 0.00494. The molecule has 1 unspecified atom stereocenters. The molecule has 10 heteroatoms. The SMILES string of the molecule is CCn1c2ccccc2c2cc(NC(=O)C(C)OC(=O)c3ccc(OC)c(S(N)(=O)=O)c3)ccc21. The van der Waals surface area contributed by atoms with Gasteiger partial charge >= 0.3 is 5.97 Å². The second-order valence-electron chi connectivity index (χ2n) is 7.94. The molecular weight excluding hydrogens is 470 g/mol. The number of para-hydroxylation sites is 1. The van der Waals surface area contributed by atoms with Crippen molar-refractivity contribution in [3.63, 3.8) is 0 Å². The van der Waals surface area contributed by atoms with E-state index in [1.165, 1.54) is 26.2 Å². The Bertz CT molecular complexity index is 1560. The third kappa shape index (κ3) is 4.71. The quantitative estimate of drug-likeness (QED) is 0.377. The van der Waals surface area contributed by atoms with Gasteiger partial charge in [0.05, 0.1) is 12.7 Å². The van der Waals surface area contributed by atoms with Crippen molar-refractivity contribution >= 4 is 49.4 Å². The van der Waals surface area contributed by atoms with E-state index >= 15 is 0 Å². The lowest BCUT2D eigenvalue weighted by Crippen LogP contribution is -2.30. The molecule has 4 rings (SSSR count). The lowest BCUT2D eigenvalue weighted by molar-refractivity contribution is -0.123. The molecule has 0 radical (unpaired) electrons. The number of hydrogen-bond donors (Lipinski definition) is 2. The zero-order chi connectivity index (χ0) is 25.3. The van der Waals surface area contributed by atoms with Crippen LogP contribution in [0.5, 0.6) is 5.75 Å². The lowest BCUT2D eigenvalue weighted by atomic mass is 10.1. The summed E-state index contributed by atoms with van der Waals surface area (Å²) in [5, 5.41) is 10.0. The Kier molecular flexibility index (Phi) is 6.51. The number of aryl methyl sites for hydroxylation is 1. The lowest BCUT2D eigenvalue weighted by Gasteiger charge is -2.15. The molecule has 9 nitrogen and oxygen atoms in total. The highest BCUT2D eigenvalue weighted by atomic mass is 32.2. The van der Waals surface area contributed by atoms with E-state index < -0.39 is 28.0 Å². The van der Waals surface area contributed by atoms with Gasteiger partial charge in [-0.15, -0.1) is 0 Å². The van der Waals surface area contributed by atoms with Gasteiger partial charge in [0, 0.05) is 34.0 Å². The van der Waals surface area contributed by atoms with Crippen LogP contribution in [0.15, 0.2) is 65.6 Å². The molecule has 4 aromatic rings. The van der Waals surface area contributed by atoms with Crippen molar-refractivity contribution in [2.24, 2.45) is 5.14 Å². The van der Waals surface area contributed by atoms with Crippen LogP contribution in [0.2, 0.25) is 0 Å². The number of primary sulfonamides is 1. The highest BCUT2D eigenvalue weighted by molar-refractivity contribution is 7.89. The van der Waals surface area contributed by atoms with E-state index in [4.69, 9.17) is 14.6 Å². The van der Waals surface area contributed by atoms with E-state index in [1.807, 2.05) is 30.3 Å². The number of methoxy groups -OCH3 is 1. The molecule has 182 valence electrons. The number of carbonyl (C=O) groups is 2. The van der Waals surface area contributed by atoms with Crippen LogP contribution in [0, 0.1) is 0 Å². The van der Waals surface area contributed by atoms with Gasteiger partial charge in [-0.1, -0.05) is 18.2 Å². The zero-order valence-corrected chi connectivity index (χ0v) is 20.3. The maximum absolute atomic E-state index is 12.7. The smallest absolute Gasteiger partial charge is 0.338 e. The van der Waals surface area contributed by atoms with Crippen LogP contribution >= 0.6 is 0 Å². The normalized spacial score (nSPS) is 12.5. The van der Waals surface area contributed by atoms with Crippen LogP contribution in [0.1, 0.15) is 24.2 Å². The largest absolute Gasteiger partial charge is 0.495 e. The van der Waals surface area contributed by atoms with Gasteiger partial charge in [0.2, 0.25) is 10.0 Å². The molecule has 3 aromatic carbocycles. The summed E-state index contributed by atoms with van der Waals surface area (Å²) in [5.74, 6) is -1.41. The topological polar surface area (TPSA) is 130 Å². The first-order valence-corrected chi connectivity index (χ1v) is 12.4. The van der Waals surface area contributed by atoms with E-state index in [0.717, 1.165) is 34.4 Å². The highest BCUT2D eigenvalue weighted by Gasteiger charge is 2.23. The van der Waals surface area contributed by atoms with Crippen molar-refractivity contribution < 1.29 is 27.5 Å². The first-order valence-electron chi connectivity index (χ1n) is 10.9. The number of carbonyl (C=O) groups excluding carboxylic acids is 2. The van der Waals surface area contributed by atoms with E-state index in [2.05, 4.69) is 22.9 Å². The van der Waals surface area contributed by atoms with Crippen LogP contribution in [0.3, 0.4) is 0 Å². The average molecular weight is 496 g/mol. The number of anilines is 1. The van der Waals surface area contributed by atoms with Crippen molar-refractivity contribution in [2.45, 2.75) is 31.4 Å². The number of aromatic nitrogens is 1. The number of nitrogens with zero attached hydrogens (tertiary/aromatic N) is 1. The number of hydrogen-bond acceptors (Lipinski definition) is 6. The number of esters is 1. The molecule has 1 amide bonds. The van der Waals surface area contributed by atoms with Gasteiger partial charge in [0.1, 0.15) is 10.6 Å². The summed E-state index contributed by atoms with van der Waals surface area (Å²) in [7, 11) is -2.85. The van der Waals surface area contributed by atoms with E-state index in [9.17, 15) is 18.0 Å². The minimum atomic E-state index is -4.13. The number of rotatable bonds is 7. The number of fused-ring (bicyclic) bond motifs is 3. The van der Waals surface area contributed by atoms with Crippen LogP contribution < -0.4 is 15.2 Å². The molecule has 0 saturated carbocycles. The zero-order valence-electron chi connectivity index (χ0n) is 19.4. The third-order valence-corrected chi connectivity index (χ3v) is 6.65. The van der Waals surface area contributed by atoms with Gasteiger partial charge in [-0.2, -0.15) is 0 Å². The van der Waals surface area contributed by atoms with E-state index in [1.54, 1.807) is 6.07 Å². The Morgan fingerprint density at radius 2 is 1.74 bits per heavy atom. The fourth-order valence-corrected chi connectivity index (χ4v) is 4.75. The molecular formula is C25H25N3O6S. The number of amides is 1. The van der Waals surface area contributed by atoms with Gasteiger partial charge in [0.15, 0.2) is 6.10 Å². The Morgan fingerprint density at radius 3 is 2.43 bits per heavy atom. The molecule has 35 heavy (non-hydrogen) atoms. The summed E-state index contributed by atoms with van der Waals surface area (Å²) in [4.78, 5) is 24.9. The predicted molar refractivity (Wildman–Crippen MR) is 133 cm³/mol. The van der Waals surface area contributed by atoms with Crippen LogP contribution in [0.4, 0.5) is 5.69 Å². The number of nitrogens with one attached hydrogen (secondary N) is 1. The number of ether oxygens (including phenoxy) is 2. The second kappa shape index (κ2) is 9.40. The van der Waals surface area contributed by atoms with Crippen LogP contribution in [-0.2, 0) is 26.1 Å². The molecule has 0 saturated heterocycles. The van der Waals surface area contributed by atoms with Gasteiger partial charge in [-0.05, 0) is 56.3 Å². The number of nitrogens with two attached hydrogens (primary N) is 1. The molecule has 0 bridgehead atoms. The van der Waals surface area contributed by atoms with Crippen molar-refractivity contribution in [3.05, 3.63) is 66.2 Å². The maximum atomic E-state index is 12.7. The van der Waals surface area contributed by atoms with Gasteiger partial charge in [-0.3, -0.25) is 4.79 Å². The number of sulfonamides is 1. The Hall–Kier alpha value is -3.89. The summed E-state index contributed by atoms with van der Waals surface area (Å²) in [5.41, 5.74) is 2.64. The van der Waals surface area contributed by atoms with E-state index in [-0.39, 0.29) is 16.2 Å². The molecule has 0 aliphatic rings. The van der Waals surface area contributed by atoms with E-state index in [0.29, 0.717) is 5.69 Å². The first-order chi connectivity index (χ1) is 16.6. The second-order valence-corrected chi connectivity index (χ2v) is 9.47. The molecule has 1 aromatic heterocycles. The van der Waals surface area contributed by atoms with Gasteiger partial charge < -0.3 is 19.4 Å². The molecule has 1 heterocycles. The predicted octanol–water partition coefficient (Wildman–Crippen LogP) is 3.65. The van der Waals surface area contributed by atoms with Crippen molar-refractivity contribution in [1.82, 2.24) is 4.57 Å². The monoisotopic (exact) mass is 495 g/mol. The highest BCUT2D eigenvalue weighted by Crippen LogP contribution is 2.31. The molecule has 1 atom stereocenters. The molecule has 0 spiro atoms. The van der Waals surface area contributed by atoms with Crippen LogP contribution in [-0.4, -0.2) is 38.1 Å². The third-order valence-electron chi connectivity index (χ3n) is 5.72. The Morgan fingerprint density at radius 1 is 1.03 bits per heavy atom. The summed E-state index contributed by atoms with van der Waals surface area (Å²) in [6.07, 6.45) is -1.14. The molecule has 0 fully saturated rings. The molecule has 3 N–H and O–H groups in total. The fourth-order valence-electron chi connectivity index (χ4n) is 4.02. The molecule has 0 aliphatic carbocycles. The van der Waals surface area contributed by atoms with Crippen molar-refractivity contribution in [1.29, 1.82) is 0 Å². The molecule has 0 aliphatic heterocycles. The van der Waals surface area contributed by atoms with Gasteiger partial charge in [0.25, 0.3) is 5.91 Å². The van der Waals surface area contributed by atoms with Gasteiger partial charge in [-0.25, -0.2) is 18.4 Å². The Labute approximate surface area is 202 Å². The first kappa shape index (κ1) is 24.2. The Balaban J connectivity index is 1.53. The summed E-state index contributed by atoms with van der Waals surface area (Å²) < 4.78 is 36.0. The summed E-state index contributed by atoms with van der Waals surface area (Å²) >= 11 is 0. The fraction of sp³-hybridized carbons (Fsp3) is 0.200. The standard InChI is InChI=1S/C25H25N3O6S/c1-4-28-20-8-6-5-7-18(20)19-14-17(10-11-21(19)28)27-24(29)15(2)34-25(30)16-9-12-22(33-3)23(13-16)35(26,31)32/h5-15H,4H2,1-3H3,(H,27,29)(H2,26,31,32). The summed E-state index contributed by atoms with van der Waals surface area (Å²) in [6, 6.07) is 17.3. The maximum Gasteiger partial charge on any atom is 0.338 e. The minimum Gasteiger partial charge on any atom is -0.495 e. The van der Waals surface area contributed by atoms with Crippen molar-refractivity contribution in [2.75, 3.05) is 12.4 Å².